The van der Waals surface area contributed by atoms with E-state index in [1.807, 2.05) is 42.5 Å². The summed E-state index contributed by atoms with van der Waals surface area (Å²) in [6.07, 6.45) is 0. The average Bonchev–Trinajstić information content (AvgIpc) is 3.43. The Hall–Kier alpha value is -3.89. The zero-order chi connectivity index (χ0) is 20.8. The molecule has 2 N–H and O–H groups in total. The van der Waals surface area contributed by atoms with Gasteiger partial charge in [0, 0.05) is 16.1 Å². The summed E-state index contributed by atoms with van der Waals surface area (Å²) in [6.45, 7) is 0. The van der Waals surface area contributed by atoms with Gasteiger partial charge in [-0.3, -0.25) is 0 Å². The topological polar surface area (TPSA) is 57.4 Å². The number of halogens is 1. The van der Waals surface area contributed by atoms with E-state index in [0.29, 0.717) is 5.02 Å². The van der Waals surface area contributed by atoms with E-state index in [4.69, 9.17) is 21.6 Å². The fourth-order valence-electron chi connectivity index (χ4n) is 3.86. The van der Waals surface area contributed by atoms with Crippen molar-refractivity contribution in [2.75, 3.05) is 0 Å². The summed E-state index contributed by atoms with van der Waals surface area (Å²) >= 11 is 6.00. The fraction of sp³-hybridized carbons (Fsp3) is 0. The maximum absolute atomic E-state index is 6.00. The van der Waals surface area contributed by atoms with Crippen LogP contribution in [0.3, 0.4) is 0 Å². The highest BCUT2D eigenvalue weighted by molar-refractivity contribution is 6.30. The molecule has 2 heterocycles. The molecule has 4 aromatic carbocycles. The summed E-state index contributed by atoms with van der Waals surface area (Å²) in [5.41, 5.74) is 8.21. The summed E-state index contributed by atoms with van der Waals surface area (Å²) in [6, 6.07) is 30.5. The number of imidazole rings is 2. The minimum atomic E-state index is 0.711. The number of H-pyrrole nitrogens is 2. The molecule has 5 heteroatoms. The van der Waals surface area contributed by atoms with Gasteiger partial charge in [-0.15, -0.1) is 0 Å². The molecule has 0 bridgehead atoms. The van der Waals surface area contributed by atoms with Crippen molar-refractivity contribution in [1.82, 2.24) is 19.9 Å². The molecule has 0 aliphatic carbocycles. The summed E-state index contributed by atoms with van der Waals surface area (Å²) in [5, 5.41) is 0.711. The van der Waals surface area contributed by atoms with Crippen LogP contribution < -0.4 is 0 Å². The van der Waals surface area contributed by atoms with Gasteiger partial charge in [0.05, 0.1) is 22.1 Å². The first kappa shape index (κ1) is 17.9. The van der Waals surface area contributed by atoms with Crippen molar-refractivity contribution < 1.29 is 0 Å². The third-order valence-corrected chi connectivity index (χ3v) is 5.71. The molecule has 0 spiro atoms. The third-order valence-electron chi connectivity index (χ3n) is 5.46. The molecule has 0 fully saturated rings. The second kappa shape index (κ2) is 7.11. The van der Waals surface area contributed by atoms with Gasteiger partial charge in [-0.25, -0.2) is 9.97 Å². The molecule has 0 saturated heterocycles. The number of hydrogen-bond donors (Lipinski definition) is 2. The van der Waals surface area contributed by atoms with Crippen LogP contribution in [0.2, 0.25) is 5.02 Å². The lowest BCUT2D eigenvalue weighted by molar-refractivity contribution is 1.33. The van der Waals surface area contributed by atoms with E-state index in [1.54, 1.807) is 0 Å². The van der Waals surface area contributed by atoms with E-state index in [2.05, 4.69) is 58.5 Å². The van der Waals surface area contributed by atoms with Gasteiger partial charge in [-0.2, -0.15) is 0 Å². The standard InChI is InChI=1S/C26H17ClN4/c27-20-10-6-17(7-11-20)25-28-22-13-9-19(15-24(22)30-25)26-29-21-12-8-18(14-23(21)31-26)16-4-2-1-3-5-16/h1-15H,(H,28,30)(H,29,31). The molecule has 0 radical (unpaired) electrons. The highest BCUT2D eigenvalue weighted by atomic mass is 35.5. The second-order valence-corrected chi connectivity index (χ2v) is 7.94. The van der Waals surface area contributed by atoms with Crippen LogP contribution in [0.15, 0.2) is 91.0 Å². The fourth-order valence-corrected chi connectivity index (χ4v) is 3.98. The Kier molecular flexibility index (Phi) is 4.11. The third kappa shape index (κ3) is 3.27. The number of aromatic nitrogens is 4. The lowest BCUT2D eigenvalue weighted by Crippen LogP contribution is -1.80. The lowest BCUT2D eigenvalue weighted by atomic mass is 10.1. The van der Waals surface area contributed by atoms with Gasteiger partial charge < -0.3 is 9.97 Å². The van der Waals surface area contributed by atoms with Gasteiger partial charge >= 0.3 is 0 Å². The van der Waals surface area contributed by atoms with Crippen LogP contribution in [0, 0.1) is 0 Å². The summed E-state index contributed by atoms with van der Waals surface area (Å²) in [5.74, 6) is 1.66. The van der Waals surface area contributed by atoms with E-state index < -0.39 is 0 Å². The van der Waals surface area contributed by atoms with E-state index in [0.717, 1.165) is 44.8 Å². The van der Waals surface area contributed by atoms with Gasteiger partial charge in [0.15, 0.2) is 0 Å². The molecule has 2 aromatic heterocycles. The first-order valence-corrected chi connectivity index (χ1v) is 10.4. The number of rotatable bonds is 3. The van der Waals surface area contributed by atoms with Crippen LogP contribution in [0.4, 0.5) is 0 Å². The molecule has 0 atom stereocenters. The molecular formula is C26H17ClN4. The summed E-state index contributed by atoms with van der Waals surface area (Å²) in [4.78, 5) is 16.4. The Morgan fingerprint density at radius 1 is 0.516 bits per heavy atom. The highest BCUT2D eigenvalue weighted by Crippen LogP contribution is 2.28. The number of benzene rings is 4. The molecule has 0 amide bonds. The van der Waals surface area contributed by atoms with Crippen molar-refractivity contribution in [3.05, 3.63) is 96.0 Å². The number of hydrogen-bond acceptors (Lipinski definition) is 2. The zero-order valence-electron chi connectivity index (χ0n) is 16.4. The SMILES string of the molecule is Clc1ccc(-c2nc3ccc(-c4nc5ccc(-c6ccccc6)cc5[nH]4)cc3[nH]2)cc1. The molecule has 0 saturated carbocycles. The molecule has 6 aromatic rings. The molecule has 31 heavy (non-hydrogen) atoms. The number of aromatic amines is 2. The van der Waals surface area contributed by atoms with Gasteiger partial charge in [-0.1, -0.05) is 48.0 Å². The van der Waals surface area contributed by atoms with Crippen LogP contribution in [0.5, 0.6) is 0 Å². The Labute approximate surface area is 183 Å². The minimum absolute atomic E-state index is 0.711. The van der Waals surface area contributed by atoms with Gasteiger partial charge in [0.1, 0.15) is 11.6 Å². The smallest absolute Gasteiger partial charge is 0.138 e. The van der Waals surface area contributed by atoms with E-state index in [-0.39, 0.29) is 0 Å². The Bertz CT molecular complexity index is 1530. The van der Waals surface area contributed by atoms with Gasteiger partial charge in [0.25, 0.3) is 0 Å². The number of nitrogens with one attached hydrogen (secondary N) is 2. The second-order valence-electron chi connectivity index (χ2n) is 7.51. The zero-order valence-corrected chi connectivity index (χ0v) is 17.2. The molecule has 0 aliphatic rings. The molecular weight excluding hydrogens is 404 g/mol. The number of nitrogens with zero attached hydrogens (tertiary/aromatic N) is 2. The molecule has 6 rings (SSSR count). The summed E-state index contributed by atoms with van der Waals surface area (Å²) in [7, 11) is 0. The van der Waals surface area contributed by atoms with Crippen molar-refractivity contribution in [3.8, 4) is 33.9 Å². The highest BCUT2D eigenvalue weighted by Gasteiger charge is 2.10. The molecule has 0 unspecified atom stereocenters. The van der Waals surface area contributed by atoms with Crippen molar-refractivity contribution >= 4 is 33.7 Å². The van der Waals surface area contributed by atoms with Crippen molar-refractivity contribution in [3.63, 3.8) is 0 Å². The van der Waals surface area contributed by atoms with Crippen molar-refractivity contribution in [2.45, 2.75) is 0 Å². The predicted octanol–water partition coefficient (Wildman–Crippen LogP) is 7.09. The van der Waals surface area contributed by atoms with Gasteiger partial charge in [-0.05, 0) is 65.7 Å². The van der Waals surface area contributed by atoms with E-state index in [9.17, 15) is 0 Å². The van der Waals surface area contributed by atoms with Crippen molar-refractivity contribution in [2.24, 2.45) is 0 Å². The van der Waals surface area contributed by atoms with Crippen LogP contribution in [0.25, 0.3) is 56.0 Å². The molecule has 4 nitrogen and oxygen atoms in total. The monoisotopic (exact) mass is 420 g/mol. The lowest BCUT2D eigenvalue weighted by Gasteiger charge is -2.00. The Balaban J connectivity index is 1.39. The Morgan fingerprint density at radius 2 is 1.06 bits per heavy atom. The van der Waals surface area contributed by atoms with Crippen LogP contribution in [0.1, 0.15) is 0 Å². The first-order chi connectivity index (χ1) is 15.2. The largest absolute Gasteiger partial charge is 0.338 e. The first-order valence-electron chi connectivity index (χ1n) is 10.0. The van der Waals surface area contributed by atoms with E-state index in [1.165, 1.54) is 11.1 Å². The normalized spacial score (nSPS) is 11.4. The van der Waals surface area contributed by atoms with Crippen LogP contribution >= 0.6 is 11.6 Å². The van der Waals surface area contributed by atoms with Gasteiger partial charge in [0.2, 0.25) is 0 Å². The molecule has 0 aliphatic heterocycles. The number of fused-ring (bicyclic) bond motifs is 2. The maximum Gasteiger partial charge on any atom is 0.138 e. The van der Waals surface area contributed by atoms with E-state index >= 15 is 0 Å². The Morgan fingerprint density at radius 3 is 1.74 bits per heavy atom. The van der Waals surface area contributed by atoms with Crippen LogP contribution in [-0.4, -0.2) is 19.9 Å². The predicted molar refractivity (Wildman–Crippen MR) is 127 cm³/mol. The quantitative estimate of drug-likeness (QED) is 0.321. The maximum atomic E-state index is 6.00. The summed E-state index contributed by atoms with van der Waals surface area (Å²) < 4.78 is 0. The molecule has 148 valence electrons. The minimum Gasteiger partial charge on any atom is -0.338 e. The van der Waals surface area contributed by atoms with Crippen LogP contribution in [-0.2, 0) is 0 Å². The average molecular weight is 421 g/mol. The van der Waals surface area contributed by atoms with Crippen molar-refractivity contribution in [1.29, 1.82) is 0 Å².